The Morgan fingerprint density at radius 3 is 2.42 bits per heavy atom. The van der Waals surface area contributed by atoms with Gasteiger partial charge in [0.2, 0.25) is 10.0 Å². The molecule has 1 heterocycles. The molecule has 0 saturated carbocycles. The molecule has 1 aliphatic heterocycles. The summed E-state index contributed by atoms with van der Waals surface area (Å²) in [6, 6.07) is 5.29. The van der Waals surface area contributed by atoms with E-state index in [0.29, 0.717) is 43.4 Å². The van der Waals surface area contributed by atoms with Gasteiger partial charge in [-0.1, -0.05) is 18.5 Å². The second kappa shape index (κ2) is 7.72. The Balaban J connectivity index is 2.00. The molecule has 1 atom stereocenters. The standard InChI is InChI=1S/C16H23ClN2O4S/c1-4-15(23-13-5-6-14(17)12(2)11-13)16(20)18-7-9-19(10-8-18)24(3,21)22/h5-6,11,15H,4,7-10H2,1-3H3. The number of nitrogens with zero attached hydrogens (tertiary/aromatic N) is 2. The molecule has 0 aliphatic carbocycles. The summed E-state index contributed by atoms with van der Waals surface area (Å²) in [5.74, 6) is 0.491. The molecule has 1 amide bonds. The van der Waals surface area contributed by atoms with Crippen molar-refractivity contribution in [3.63, 3.8) is 0 Å². The van der Waals surface area contributed by atoms with Crippen LogP contribution in [0.2, 0.25) is 5.02 Å². The van der Waals surface area contributed by atoms with E-state index in [4.69, 9.17) is 16.3 Å². The van der Waals surface area contributed by atoms with Gasteiger partial charge >= 0.3 is 0 Å². The van der Waals surface area contributed by atoms with Gasteiger partial charge < -0.3 is 9.64 Å². The molecule has 1 aromatic carbocycles. The number of piperazine rings is 1. The first-order chi connectivity index (χ1) is 11.2. The van der Waals surface area contributed by atoms with Crippen molar-refractivity contribution in [2.45, 2.75) is 26.4 Å². The number of rotatable bonds is 5. The quantitative estimate of drug-likeness (QED) is 0.789. The second-order valence-corrected chi connectivity index (χ2v) is 8.30. The maximum atomic E-state index is 12.6. The van der Waals surface area contributed by atoms with E-state index in [1.807, 2.05) is 13.8 Å². The molecule has 1 unspecified atom stereocenters. The molecule has 1 saturated heterocycles. The molecule has 1 fully saturated rings. The summed E-state index contributed by atoms with van der Waals surface area (Å²) in [5.41, 5.74) is 0.887. The van der Waals surface area contributed by atoms with Crippen molar-refractivity contribution in [2.24, 2.45) is 0 Å². The number of aryl methyl sites for hydroxylation is 1. The highest BCUT2D eigenvalue weighted by molar-refractivity contribution is 7.88. The first kappa shape index (κ1) is 19.0. The molecule has 0 bridgehead atoms. The lowest BCUT2D eigenvalue weighted by Gasteiger charge is -2.35. The highest BCUT2D eigenvalue weighted by Crippen LogP contribution is 2.23. The fraction of sp³-hybridized carbons (Fsp3) is 0.562. The highest BCUT2D eigenvalue weighted by atomic mass is 35.5. The lowest BCUT2D eigenvalue weighted by atomic mass is 10.2. The van der Waals surface area contributed by atoms with Crippen LogP contribution in [0, 0.1) is 6.92 Å². The van der Waals surface area contributed by atoms with Crippen LogP contribution in [0.15, 0.2) is 18.2 Å². The van der Waals surface area contributed by atoms with E-state index in [2.05, 4.69) is 0 Å². The summed E-state index contributed by atoms with van der Waals surface area (Å²) in [7, 11) is -3.21. The van der Waals surface area contributed by atoms with Gasteiger partial charge in [0.15, 0.2) is 6.10 Å². The molecule has 0 N–H and O–H groups in total. The zero-order valence-corrected chi connectivity index (χ0v) is 15.7. The Morgan fingerprint density at radius 1 is 1.29 bits per heavy atom. The van der Waals surface area contributed by atoms with Gasteiger partial charge in [-0.15, -0.1) is 0 Å². The molecular weight excluding hydrogens is 352 g/mol. The van der Waals surface area contributed by atoms with Crippen LogP contribution in [-0.2, 0) is 14.8 Å². The fourth-order valence-corrected chi connectivity index (χ4v) is 3.55. The van der Waals surface area contributed by atoms with E-state index in [1.54, 1.807) is 23.1 Å². The molecule has 8 heteroatoms. The first-order valence-corrected chi connectivity index (χ1v) is 10.1. The van der Waals surface area contributed by atoms with Crippen molar-refractivity contribution < 1.29 is 17.9 Å². The molecule has 2 rings (SSSR count). The van der Waals surface area contributed by atoms with Gasteiger partial charge in [-0.3, -0.25) is 4.79 Å². The third-order valence-corrected chi connectivity index (χ3v) is 5.80. The van der Waals surface area contributed by atoms with Crippen LogP contribution < -0.4 is 4.74 Å². The minimum Gasteiger partial charge on any atom is -0.481 e. The third kappa shape index (κ3) is 4.62. The second-order valence-electron chi connectivity index (χ2n) is 5.91. The predicted molar refractivity (Wildman–Crippen MR) is 93.9 cm³/mol. The van der Waals surface area contributed by atoms with E-state index < -0.39 is 16.1 Å². The van der Waals surface area contributed by atoms with Crippen LogP contribution >= 0.6 is 11.6 Å². The third-order valence-electron chi connectivity index (χ3n) is 4.07. The molecule has 134 valence electrons. The van der Waals surface area contributed by atoms with Crippen LogP contribution in [-0.4, -0.2) is 62.1 Å². The van der Waals surface area contributed by atoms with E-state index in [9.17, 15) is 13.2 Å². The van der Waals surface area contributed by atoms with Crippen molar-refractivity contribution in [2.75, 3.05) is 32.4 Å². The van der Waals surface area contributed by atoms with Crippen LogP contribution in [0.3, 0.4) is 0 Å². The minimum atomic E-state index is -3.21. The van der Waals surface area contributed by atoms with E-state index >= 15 is 0 Å². The van der Waals surface area contributed by atoms with Crippen LogP contribution in [0.1, 0.15) is 18.9 Å². The topological polar surface area (TPSA) is 66.9 Å². The van der Waals surface area contributed by atoms with Crippen LogP contribution in [0.5, 0.6) is 5.75 Å². The first-order valence-electron chi connectivity index (χ1n) is 7.89. The molecule has 6 nitrogen and oxygen atoms in total. The number of sulfonamides is 1. The van der Waals surface area contributed by atoms with Gasteiger partial charge in [-0.25, -0.2) is 8.42 Å². The van der Waals surface area contributed by atoms with Crippen molar-refractivity contribution in [3.8, 4) is 5.75 Å². The lowest BCUT2D eigenvalue weighted by Crippen LogP contribution is -2.53. The average molecular weight is 375 g/mol. The summed E-state index contributed by atoms with van der Waals surface area (Å²) < 4.78 is 30.3. The largest absolute Gasteiger partial charge is 0.481 e. The highest BCUT2D eigenvalue weighted by Gasteiger charge is 2.30. The van der Waals surface area contributed by atoms with Gasteiger partial charge in [-0.2, -0.15) is 4.31 Å². The summed E-state index contributed by atoms with van der Waals surface area (Å²) in [6.07, 6.45) is 1.13. The van der Waals surface area contributed by atoms with Gasteiger partial charge in [0.1, 0.15) is 5.75 Å². The van der Waals surface area contributed by atoms with E-state index in [-0.39, 0.29) is 5.91 Å². The zero-order valence-electron chi connectivity index (χ0n) is 14.2. The lowest BCUT2D eigenvalue weighted by molar-refractivity contribution is -0.140. The van der Waals surface area contributed by atoms with Gasteiger partial charge in [0, 0.05) is 31.2 Å². The van der Waals surface area contributed by atoms with Crippen molar-refractivity contribution >= 4 is 27.5 Å². The minimum absolute atomic E-state index is 0.113. The molecule has 1 aromatic rings. The zero-order chi connectivity index (χ0) is 17.9. The molecule has 1 aliphatic rings. The van der Waals surface area contributed by atoms with Crippen LogP contribution in [0.4, 0.5) is 0 Å². The Labute approximate surface area is 148 Å². The Kier molecular flexibility index (Phi) is 6.11. The Bertz CT molecular complexity index is 700. The number of hydrogen-bond acceptors (Lipinski definition) is 4. The molecule has 24 heavy (non-hydrogen) atoms. The summed E-state index contributed by atoms with van der Waals surface area (Å²) >= 11 is 6.00. The molecular formula is C16H23ClN2O4S. The maximum absolute atomic E-state index is 12.6. The number of carbonyl (C=O) groups excluding carboxylic acids is 1. The van der Waals surface area contributed by atoms with Crippen molar-refractivity contribution in [3.05, 3.63) is 28.8 Å². The summed E-state index contributed by atoms with van der Waals surface area (Å²) in [5, 5.41) is 0.652. The molecule has 0 aromatic heterocycles. The number of carbonyl (C=O) groups is 1. The molecule has 0 spiro atoms. The van der Waals surface area contributed by atoms with Crippen molar-refractivity contribution in [1.29, 1.82) is 0 Å². The smallest absolute Gasteiger partial charge is 0.263 e. The Morgan fingerprint density at radius 2 is 1.92 bits per heavy atom. The normalized spacial score (nSPS) is 17.6. The average Bonchev–Trinajstić information content (AvgIpc) is 2.54. The number of amides is 1. The van der Waals surface area contributed by atoms with Gasteiger partial charge in [0.25, 0.3) is 5.91 Å². The van der Waals surface area contributed by atoms with E-state index in [0.717, 1.165) is 5.56 Å². The summed E-state index contributed by atoms with van der Waals surface area (Å²) in [4.78, 5) is 14.3. The van der Waals surface area contributed by atoms with Gasteiger partial charge in [0.05, 0.1) is 6.26 Å². The van der Waals surface area contributed by atoms with Crippen molar-refractivity contribution in [1.82, 2.24) is 9.21 Å². The summed E-state index contributed by atoms with van der Waals surface area (Å²) in [6.45, 7) is 5.17. The monoisotopic (exact) mass is 374 g/mol. The van der Waals surface area contributed by atoms with Crippen LogP contribution in [0.25, 0.3) is 0 Å². The van der Waals surface area contributed by atoms with E-state index in [1.165, 1.54) is 10.6 Å². The number of hydrogen-bond donors (Lipinski definition) is 0. The van der Waals surface area contributed by atoms with Gasteiger partial charge in [-0.05, 0) is 37.1 Å². The fourth-order valence-electron chi connectivity index (χ4n) is 2.61. The number of benzene rings is 1. The Hall–Kier alpha value is -1.31. The number of halogens is 1. The molecule has 0 radical (unpaired) electrons. The number of ether oxygens (including phenoxy) is 1. The predicted octanol–water partition coefficient (Wildman–Crippen LogP) is 1.91. The maximum Gasteiger partial charge on any atom is 0.263 e. The SMILES string of the molecule is CCC(Oc1ccc(Cl)c(C)c1)C(=O)N1CCN(S(C)(=O)=O)CC1.